The maximum Gasteiger partial charge on any atom is 0.389 e. The first-order chi connectivity index (χ1) is 7.98. The Balaban J connectivity index is 2.81. The number of quaternary nitrogens is 1. The third-order valence-electron chi connectivity index (χ3n) is 2.55. The van der Waals surface area contributed by atoms with Crippen molar-refractivity contribution in [2.45, 2.75) is 19.9 Å². The molecule has 0 N–H and O–H groups in total. The second-order valence-electron chi connectivity index (χ2n) is 4.47. The molecule has 0 saturated carbocycles. The standard InChI is InChI=1S/C14H20NO2/c1-5-12-9-7-8-10-13(12)11-15(3,4)17-14(16)6-2/h6-10H,2,5,11H2,1,3-4H3/q+1. The van der Waals surface area contributed by atoms with Gasteiger partial charge in [-0.3, -0.25) is 4.84 Å². The van der Waals surface area contributed by atoms with E-state index in [9.17, 15) is 4.79 Å². The predicted octanol–water partition coefficient (Wildman–Crippen LogP) is 2.47. The van der Waals surface area contributed by atoms with Crippen LogP contribution in [0.25, 0.3) is 0 Å². The Kier molecular flexibility index (Phi) is 4.46. The third kappa shape index (κ3) is 4.04. The highest BCUT2D eigenvalue weighted by Gasteiger charge is 2.22. The zero-order valence-corrected chi connectivity index (χ0v) is 10.8. The molecule has 3 nitrogen and oxygen atoms in total. The smallest absolute Gasteiger partial charge is 0.272 e. The van der Waals surface area contributed by atoms with E-state index in [4.69, 9.17) is 4.84 Å². The Hall–Kier alpha value is -1.61. The van der Waals surface area contributed by atoms with Gasteiger partial charge in [-0.15, -0.1) is 4.65 Å². The van der Waals surface area contributed by atoms with Crippen LogP contribution in [0.2, 0.25) is 0 Å². The molecule has 0 bridgehead atoms. The topological polar surface area (TPSA) is 26.3 Å². The van der Waals surface area contributed by atoms with Gasteiger partial charge in [0.2, 0.25) is 0 Å². The molecule has 1 aromatic rings. The van der Waals surface area contributed by atoms with Crippen LogP contribution in [0, 0.1) is 0 Å². The van der Waals surface area contributed by atoms with Crippen molar-refractivity contribution in [1.82, 2.24) is 0 Å². The number of benzene rings is 1. The molecular weight excluding hydrogens is 214 g/mol. The molecule has 0 heterocycles. The molecule has 3 heteroatoms. The van der Waals surface area contributed by atoms with Gasteiger partial charge in [-0.25, -0.2) is 4.79 Å². The molecule has 0 aliphatic rings. The van der Waals surface area contributed by atoms with Gasteiger partial charge in [0, 0.05) is 11.6 Å². The zero-order chi connectivity index (χ0) is 12.9. The average Bonchev–Trinajstić information content (AvgIpc) is 2.28. The first kappa shape index (κ1) is 13.5. The Labute approximate surface area is 103 Å². The number of hydrogen-bond acceptors (Lipinski definition) is 2. The summed E-state index contributed by atoms with van der Waals surface area (Å²) in [5, 5.41) is 0. The highest BCUT2D eigenvalue weighted by atomic mass is 16.7. The minimum atomic E-state index is -0.399. The SMILES string of the molecule is C=CC(=O)O[N+](C)(C)Cc1ccccc1CC. The van der Waals surface area contributed by atoms with E-state index in [-0.39, 0.29) is 4.65 Å². The molecule has 0 amide bonds. The fourth-order valence-corrected chi connectivity index (χ4v) is 1.78. The summed E-state index contributed by atoms with van der Waals surface area (Å²) >= 11 is 0. The summed E-state index contributed by atoms with van der Waals surface area (Å²) in [5.41, 5.74) is 2.49. The van der Waals surface area contributed by atoms with E-state index in [1.165, 1.54) is 17.2 Å². The van der Waals surface area contributed by atoms with Gasteiger partial charge in [-0.2, -0.15) is 0 Å². The Morgan fingerprint density at radius 1 is 1.35 bits per heavy atom. The normalized spacial score (nSPS) is 11.0. The molecule has 92 valence electrons. The number of hydroxylamine groups is 3. The molecule has 0 aromatic heterocycles. The lowest BCUT2D eigenvalue weighted by Crippen LogP contribution is -2.40. The fourth-order valence-electron chi connectivity index (χ4n) is 1.78. The lowest BCUT2D eigenvalue weighted by atomic mass is 10.1. The third-order valence-corrected chi connectivity index (χ3v) is 2.55. The molecule has 0 spiro atoms. The fraction of sp³-hybridized carbons (Fsp3) is 0.357. The van der Waals surface area contributed by atoms with Crippen molar-refractivity contribution < 1.29 is 14.3 Å². The van der Waals surface area contributed by atoms with E-state index in [1.807, 2.05) is 26.2 Å². The predicted molar refractivity (Wildman–Crippen MR) is 67.9 cm³/mol. The van der Waals surface area contributed by atoms with E-state index in [1.54, 1.807) is 0 Å². The van der Waals surface area contributed by atoms with E-state index in [0.717, 1.165) is 6.42 Å². The lowest BCUT2D eigenvalue weighted by Gasteiger charge is -2.26. The molecule has 0 unspecified atom stereocenters. The highest BCUT2D eigenvalue weighted by molar-refractivity contribution is 5.80. The molecule has 0 aliphatic heterocycles. The van der Waals surface area contributed by atoms with Crippen molar-refractivity contribution in [3.63, 3.8) is 0 Å². The molecule has 0 saturated heterocycles. The van der Waals surface area contributed by atoms with Crippen LogP contribution in [0.1, 0.15) is 18.1 Å². The maximum absolute atomic E-state index is 11.2. The zero-order valence-electron chi connectivity index (χ0n) is 10.8. The molecule has 1 aromatic carbocycles. The van der Waals surface area contributed by atoms with Gasteiger partial charge >= 0.3 is 5.97 Å². The summed E-state index contributed by atoms with van der Waals surface area (Å²) in [7, 11) is 3.71. The molecule has 17 heavy (non-hydrogen) atoms. The number of nitrogens with zero attached hydrogens (tertiary/aromatic N) is 1. The van der Waals surface area contributed by atoms with Gasteiger partial charge in [-0.1, -0.05) is 37.8 Å². The van der Waals surface area contributed by atoms with Crippen LogP contribution >= 0.6 is 0 Å². The second-order valence-corrected chi connectivity index (χ2v) is 4.47. The molecule has 0 atom stereocenters. The van der Waals surface area contributed by atoms with Gasteiger partial charge < -0.3 is 0 Å². The van der Waals surface area contributed by atoms with Crippen LogP contribution in [0.3, 0.4) is 0 Å². The van der Waals surface area contributed by atoms with Crippen molar-refractivity contribution in [3.8, 4) is 0 Å². The molecule has 0 aliphatic carbocycles. The summed E-state index contributed by atoms with van der Waals surface area (Å²) in [6.45, 7) is 6.18. The molecular formula is C14H20NO2+. The van der Waals surface area contributed by atoms with E-state index in [0.29, 0.717) is 6.54 Å². The van der Waals surface area contributed by atoms with Crippen LogP contribution in [-0.4, -0.2) is 24.7 Å². The van der Waals surface area contributed by atoms with E-state index in [2.05, 4.69) is 25.6 Å². The maximum atomic E-state index is 11.2. The van der Waals surface area contributed by atoms with Crippen LogP contribution in [-0.2, 0) is 22.6 Å². The number of carbonyl (C=O) groups excluding carboxylic acids is 1. The Bertz CT molecular complexity index is 410. The summed E-state index contributed by atoms with van der Waals surface area (Å²) < 4.78 is 0.169. The molecule has 0 fully saturated rings. The molecule has 0 radical (unpaired) electrons. The van der Waals surface area contributed by atoms with Crippen molar-refractivity contribution in [3.05, 3.63) is 48.0 Å². The van der Waals surface area contributed by atoms with E-state index < -0.39 is 5.97 Å². The highest BCUT2D eigenvalue weighted by Crippen LogP contribution is 2.15. The van der Waals surface area contributed by atoms with Gasteiger partial charge in [0.05, 0.1) is 0 Å². The number of rotatable bonds is 5. The van der Waals surface area contributed by atoms with Crippen molar-refractivity contribution >= 4 is 5.97 Å². The first-order valence-electron chi connectivity index (χ1n) is 5.74. The van der Waals surface area contributed by atoms with Crippen molar-refractivity contribution in [2.24, 2.45) is 0 Å². The minimum absolute atomic E-state index is 0.169. The number of hydrogen-bond donors (Lipinski definition) is 0. The first-order valence-corrected chi connectivity index (χ1v) is 5.74. The minimum Gasteiger partial charge on any atom is -0.272 e. The molecule has 1 rings (SSSR count). The van der Waals surface area contributed by atoms with E-state index >= 15 is 0 Å². The number of aryl methyl sites for hydroxylation is 1. The van der Waals surface area contributed by atoms with Crippen molar-refractivity contribution in [2.75, 3.05) is 14.1 Å². The van der Waals surface area contributed by atoms with Gasteiger partial charge in [0.1, 0.15) is 20.6 Å². The summed E-state index contributed by atoms with van der Waals surface area (Å²) in [5.74, 6) is -0.399. The summed E-state index contributed by atoms with van der Waals surface area (Å²) in [6.07, 6.45) is 2.16. The van der Waals surface area contributed by atoms with Crippen molar-refractivity contribution in [1.29, 1.82) is 0 Å². The van der Waals surface area contributed by atoms with Gasteiger partial charge in [0.15, 0.2) is 0 Å². The van der Waals surface area contributed by atoms with Crippen LogP contribution < -0.4 is 0 Å². The monoisotopic (exact) mass is 234 g/mol. The lowest BCUT2D eigenvalue weighted by molar-refractivity contribution is -1.07. The van der Waals surface area contributed by atoms with Crippen LogP contribution in [0.5, 0.6) is 0 Å². The van der Waals surface area contributed by atoms with Crippen LogP contribution in [0.15, 0.2) is 36.9 Å². The van der Waals surface area contributed by atoms with Gasteiger partial charge in [-0.05, 0) is 12.0 Å². The van der Waals surface area contributed by atoms with Gasteiger partial charge in [0.25, 0.3) is 0 Å². The summed E-state index contributed by atoms with van der Waals surface area (Å²) in [6, 6.07) is 8.20. The Morgan fingerprint density at radius 3 is 2.47 bits per heavy atom. The van der Waals surface area contributed by atoms with Crippen LogP contribution in [0.4, 0.5) is 0 Å². The Morgan fingerprint density at radius 2 is 1.94 bits per heavy atom. The largest absolute Gasteiger partial charge is 0.389 e. The second kappa shape index (κ2) is 5.64. The quantitative estimate of drug-likeness (QED) is 0.444. The summed E-state index contributed by atoms with van der Waals surface area (Å²) in [4.78, 5) is 16.5. The number of carbonyl (C=O) groups is 1. The average molecular weight is 234 g/mol.